The van der Waals surface area contributed by atoms with Gasteiger partial charge < -0.3 is 4.74 Å². The van der Waals surface area contributed by atoms with E-state index in [0.717, 1.165) is 10.9 Å². The first-order valence-electron chi connectivity index (χ1n) is 7.00. The molecular formula is C16H16BrN3O3. The van der Waals surface area contributed by atoms with Crippen LogP contribution in [0.3, 0.4) is 0 Å². The zero-order valence-electron chi connectivity index (χ0n) is 12.5. The number of nitrogens with one attached hydrogen (secondary N) is 2. The number of nitrogens with zero attached hydrogens (tertiary/aromatic N) is 1. The molecule has 1 aromatic heterocycles. The van der Waals surface area contributed by atoms with Crippen molar-refractivity contribution in [3.8, 4) is 5.75 Å². The van der Waals surface area contributed by atoms with Crippen LogP contribution >= 0.6 is 15.9 Å². The number of aryl methyl sites for hydroxylation is 1. The zero-order valence-corrected chi connectivity index (χ0v) is 14.1. The lowest BCUT2D eigenvalue weighted by atomic mass is 10.2. The van der Waals surface area contributed by atoms with Crippen LogP contribution in [0.5, 0.6) is 5.75 Å². The van der Waals surface area contributed by atoms with Crippen molar-refractivity contribution in [3.63, 3.8) is 0 Å². The smallest absolute Gasteiger partial charge is 0.276 e. The number of rotatable bonds is 5. The van der Waals surface area contributed by atoms with Crippen LogP contribution in [0.15, 0.2) is 47.2 Å². The van der Waals surface area contributed by atoms with E-state index in [0.29, 0.717) is 11.3 Å². The molecule has 0 fully saturated rings. The Balaban J connectivity index is 1.80. The van der Waals surface area contributed by atoms with Gasteiger partial charge in [0.15, 0.2) is 6.61 Å². The first-order chi connectivity index (χ1) is 11.1. The third-order valence-electron chi connectivity index (χ3n) is 3.02. The molecule has 0 aliphatic carbocycles. The lowest BCUT2D eigenvalue weighted by Crippen LogP contribution is -2.43. The molecule has 120 valence electrons. The van der Waals surface area contributed by atoms with E-state index in [1.807, 2.05) is 12.1 Å². The second kappa shape index (κ2) is 8.28. The molecule has 0 atom stereocenters. The molecule has 0 saturated carbocycles. The molecule has 2 aromatic rings. The number of carbonyl (C=O) groups is 2. The standard InChI is InChI=1S/C16H16BrN3O3/c1-2-11-3-4-14(13(17)9-11)23-10-15(21)19-20-16(22)12-5-7-18-8-6-12/h3-9H,2,10H2,1H3,(H,19,21)(H,20,22). The number of aromatic nitrogens is 1. The average Bonchev–Trinajstić information content (AvgIpc) is 2.59. The van der Waals surface area contributed by atoms with Gasteiger partial charge in [-0.15, -0.1) is 0 Å². The molecule has 6 nitrogen and oxygen atoms in total. The molecule has 1 heterocycles. The summed E-state index contributed by atoms with van der Waals surface area (Å²) in [5.41, 5.74) is 6.17. The molecule has 1 aromatic carbocycles. The maximum atomic E-state index is 11.7. The van der Waals surface area contributed by atoms with Gasteiger partial charge in [0.2, 0.25) is 0 Å². The highest BCUT2D eigenvalue weighted by molar-refractivity contribution is 9.10. The molecule has 2 N–H and O–H groups in total. The van der Waals surface area contributed by atoms with Gasteiger partial charge in [-0.05, 0) is 52.2 Å². The van der Waals surface area contributed by atoms with E-state index in [1.54, 1.807) is 18.2 Å². The Labute approximate surface area is 142 Å². The van der Waals surface area contributed by atoms with Crippen LogP contribution in [0.2, 0.25) is 0 Å². The Bertz CT molecular complexity index is 692. The molecular weight excluding hydrogens is 362 g/mol. The summed E-state index contributed by atoms with van der Waals surface area (Å²) >= 11 is 3.40. The lowest BCUT2D eigenvalue weighted by molar-refractivity contribution is -0.123. The van der Waals surface area contributed by atoms with Crippen LogP contribution < -0.4 is 15.6 Å². The fourth-order valence-corrected chi connectivity index (χ4v) is 2.30. The van der Waals surface area contributed by atoms with Crippen LogP contribution in [0.4, 0.5) is 0 Å². The van der Waals surface area contributed by atoms with Crippen molar-refractivity contribution in [2.75, 3.05) is 6.61 Å². The first kappa shape index (κ1) is 17.0. The van der Waals surface area contributed by atoms with Gasteiger partial charge in [0.1, 0.15) is 5.75 Å². The van der Waals surface area contributed by atoms with E-state index in [2.05, 4.69) is 38.7 Å². The largest absolute Gasteiger partial charge is 0.483 e. The first-order valence-corrected chi connectivity index (χ1v) is 7.80. The van der Waals surface area contributed by atoms with Crippen molar-refractivity contribution >= 4 is 27.7 Å². The van der Waals surface area contributed by atoms with Gasteiger partial charge >= 0.3 is 0 Å². The van der Waals surface area contributed by atoms with Crippen molar-refractivity contribution in [3.05, 3.63) is 58.3 Å². The van der Waals surface area contributed by atoms with E-state index < -0.39 is 11.8 Å². The summed E-state index contributed by atoms with van der Waals surface area (Å²) < 4.78 is 6.20. The number of hydrogen-bond donors (Lipinski definition) is 2. The molecule has 0 saturated heterocycles. The van der Waals surface area contributed by atoms with Crippen LogP contribution in [0.1, 0.15) is 22.8 Å². The summed E-state index contributed by atoms with van der Waals surface area (Å²) in [5, 5.41) is 0. The number of pyridine rings is 1. The van der Waals surface area contributed by atoms with E-state index in [1.165, 1.54) is 18.0 Å². The second-order valence-corrected chi connectivity index (χ2v) is 5.50. The highest BCUT2D eigenvalue weighted by atomic mass is 79.9. The fourth-order valence-electron chi connectivity index (χ4n) is 1.76. The maximum Gasteiger partial charge on any atom is 0.276 e. The topological polar surface area (TPSA) is 80.3 Å². The third-order valence-corrected chi connectivity index (χ3v) is 3.64. The maximum absolute atomic E-state index is 11.7. The predicted molar refractivity (Wildman–Crippen MR) is 88.9 cm³/mol. The molecule has 0 bridgehead atoms. The van der Waals surface area contributed by atoms with Crippen LogP contribution in [0, 0.1) is 0 Å². The van der Waals surface area contributed by atoms with Gasteiger partial charge in [0, 0.05) is 18.0 Å². The molecule has 0 unspecified atom stereocenters. The highest BCUT2D eigenvalue weighted by Crippen LogP contribution is 2.26. The highest BCUT2D eigenvalue weighted by Gasteiger charge is 2.09. The quantitative estimate of drug-likeness (QED) is 0.783. The number of carbonyl (C=O) groups excluding carboxylic acids is 2. The van der Waals surface area contributed by atoms with Crippen molar-refractivity contribution < 1.29 is 14.3 Å². The van der Waals surface area contributed by atoms with Crippen molar-refractivity contribution in [2.24, 2.45) is 0 Å². The van der Waals surface area contributed by atoms with Gasteiger partial charge in [-0.3, -0.25) is 25.4 Å². The fraction of sp³-hybridized carbons (Fsp3) is 0.188. The monoisotopic (exact) mass is 377 g/mol. The molecule has 2 amide bonds. The van der Waals surface area contributed by atoms with Gasteiger partial charge in [0.05, 0.1) is 4.47 Å². The van der Waals surface area contributed by atoms with Gasteiger partial charge in [-0.2, -0.15) is 0 Å². The summed E-state index contributed by atoms with van der Waals surface area (Å²) in [4.78, 5) is 27.3. The van der Waals surface area contributed by atoms with Crippen molar-refractivity contribution in [2.45, 2.75) is 13.3 Å². The minimum atomic E-state index is -0.459. The average molecular weight is 378 g/mol. The number of benzene rings is 1. The Morgan fingerprint density at radius 2 is 1.91 bits per heavy atom. The Morgan fingerprint density at radius 1 is 1.17 bits per heavy atom. The molecule has 7 heteroatoms. The molecule has 0 aliphatic rings. The zero-order chi connectivity index (χ0) is 16.7. The summed E-state index contributed by atoms with van der Waals surface area (Å²) in [7, 11) is 0. The van der Waals surface area contributed by atoms with E-state index in [4.69, 9.17) is 4.74 Å². The SMILES string of the molecule is CCc1ccc(OCC(=O)NNC(=O)c2ccncc2)c(Br)c1. The third kappa shape index (κ3) is 5.07. The number of hydrazine groups is 1. The molecule has 23 heavy (non-hydrogen) atoms. The van der Waals surface area contributed by atoms with Crippen molar-refractivity contribution in [1.82, 2.24) is 15.8 Å². The number of ether oxygens (including phenoxy) is 1. The van der Waals surface area contributed by atoms with Crippen LogP contribution in [0.25, 0.3) is 0 Å². The number of halogens is 1. The molecule has 0 radical (unpaired) electrons. The van der Waals surface area contributed by atoms with Gasteiger partial charge in [-0.25, -0.2) is 0 Å². The minimum Gasteiger partial charge on any atom is -0.483 e. The summed E-state index contributed by atoms with van der Waals surface area (Å²) in [6.45, 7) is 1.85. The number of hydrogen-bond acceptors (Lipinski definition) is 4. The van der Waals surface area contributed by atoms with Crippen LogP contribution in [-0.4, -0.2) is 23.4 Å². The van der Waals surface area contributed by atoms with Gasteiger partial charge in [0.25, 0.3) is 11.8 Å². The van der Waals surface area contributed by atoms with Crippen LogP contribution in [-0.2, 0) is 11.2 Å². The van der Waals surface area contributed by atoms with E-state index in [9.17, 15) is 9.59 Å². The minimum absolute atomic E-state index is 0.208. The van der Waals surface area contributed by atoms with Crippen molar-refractivity contribution in [1.29, 1.82) is 0 Å². The lowest BCUT2D eigenvalue weighted by Gasteiger charge is -2.10. The summed E-state index contributed by atoms with van der Waals surface area (Å²) in [6.07, 6.45) is 3.91. The van der Waals surface area contributed by atoms with E-state index in [-0.39, 0.29) is 6.61 Å². The summed E-state index contributed by atoms with van der Waals surface area (Å²) in [5.74, 6) is -0.314. The molecule has 0 spiro atoms. The molecule has 0 aliphatic heterocycles. The Morgan fingerprint density at radius 3 is 2.57 bits per heavy atom. The number of amides is 2. The Kier molecular flexibility index (Phi) is 6.10. The van der Waals surface area contributed by atoms with Gasteiger partial charge in [-0.1, -0.05) is 13.0 Å². The Hall–Kier alpha value is -2.41. The second-order valence-electron chi connectivity index (χ2n) is 4.65. The predicted octanol–water partition coefficient (Wildman–Crippen LogP) is 2.25. The van der Waals surface area contributed by atoms with E-state index >= 15 is 0 Å². The summed E-state index contributed by atoms with van der Waals surface area (Å²) in [6, 6.07) is 8.77. The molecule has 2 rings (SSSR count). The normalized spacial score (nSPS) is 10.0.